The molecule has 0 spiro atoms. The van der Waals surface area contributed by atoms with Gasteiger partial charge in [-0.3, -0.25) is 14.6 Å². The summed E-state index contributed by atoms with van der Waals surface area (Å²) in [6.45, 7) is 6.74. The van der Waals surface area contributed by atoms with Gasteiger partial charge >= 0.3 is 0 Å². The Morgan fingerprint density at radius 3 is 2.24 bits per heavy atom. The van der Waals surface area contributed by atoms with Gasteiger partial charge in [0.15, 0.2) is 0 Å². The van der Waals surface area contributed by atoms with Gasteiger partial charge in [-0.05, 0) is 67.9 Å². The number of nitrogens with zero attached hydrogens (tertiary/aromatic N) is 2. The van der Waals surface area contributed by atoms with Crippen LogP contribution in [0.4, 0.5) is 4.39 Å². The van der Waals surface area contributed by atoms with Gasteiger partial charge in [0.25, 0.3) is 0 Å². The number of halogens is 1. The summed E-state index contributed by atoms with van der Waals surface area (Å²) in [5, 5.41) is 0. The summed E-state index contributed by atoms with van der Waals surface area (Å²) in [5.74, 6) is 0.113. The number of carbonyl (C=O) groups is 2. The van der Waals surface area contributed by atoms with Crippen molar-refractivity contribution in [3.8, 4) is 0 Å². The smallest absolute Gasteiger partial charge is 0.219 e. The van der Waals surface area contributed by atoms with Gasteiger partial charge in [-0.1, -0.05) is 74.7 Å². The fourth-order valence-corrected chi connectivity index (χ4v) is 4.83. The third kappa shape index (κ3) is 11.1. The van der Waals surface area contributed by atoms with Gasteiger partial charge in [0.2, 0.25) is 5.91 Å². The van der Waals surface area contributed by atoms with E-state index >= 15 is 0 Å². The van der Waals surface area contributed by atoms with E-state index in [1.165, 1.54) is 12.1 Å². The van der Waals surface area contributed by atoms with Crippen LogP contribution in [0, 0.1) is 5.82 Å². The predicted molar refractivity (Wildman–Crippen MR) is 156 cm³/mol. The van der Waals surface area contributed by atoms with Crippen molar-refractivity contribution in [3.63, 3.8) is 0 Å². The van der Waals surface area contributed by atoms with E-state index in [4.69, 9.17) is 0 Å². The van der Waals surface area contributed by atoms with Crippen molar-refractivity contribution >= 4 is 17.4 Å². The molecule has 4 nitrogen and oxygen atoms in total. The number of amides is 1. The molecule has 0 bridgehead atoms. The number of ketones is 1. The number of allylic oxidation sites excluding steroid dienone is 2. The van der Waals surface area contributed by atoms with Crippen LogP contribution < -0.4 is 0 Å². The van der Waals surface area contributed by atoms with Crippen LogP contribution in [0.1, 0.15) is 89.7 Å². The minimum atomic E-state index is -0.256. The number of carbonyl (C=O) groups excluding carboxylic acids is 2. The minimum absolute atomic E-state index is 0.130. The van der Waals surface area contributed by atoms with Crippen molar-refractivity contribution in [2.75, 3.05) is 13.6 Å². The lowest BCUT2D eigenvalue weighted by molar-refractivity contribution is -0.131. The van der Waals surface area contributed by atoms with Crippen molar-refractivity contribution < 1.29 is 14.0 Å². The zero-order chi connectivity index (χ0) is 27.8. The Kier molecular flexibility index (Phi) is 14.3. The molecular weight excluding hydrogens is 475 g/mol. The van der Waals surface area contributed by atoms with Crippen LogP contribution >= 0.6 is 0 Å². The molecule has 1 atom stereocenters. The SMILES string of the molecule is CCCCN(C(C)=O)C(CCC)CCCC(=O)CC/C(=C\C(=NC)c1ccccc1)Cc1ccc(F)cc1. The normalized spacial score (nSPS) is 12.9. The third-order valence-corrected chi connectivity index (χ3v) is 6.93. The summed E-state index contributed by atoms with van der Waals surface area (Å²) in [7, 11) is 1.77. The zero-order valence-electron chi connectivity index (χ0n) is 23.7. The molecule has 0 aliphatic heterocycles. The summed E-state index contributed by atoms with van der Waals surface area (Å²) in [5.41, 5.74) is 4.00. The topological polar surface area (TPSA) is 49.7 Å². The van der Waals surface area contributed by atoms with E-state index in [0.29, 0.717) is 25.7 Å². The average Bonchev–Trinajstić information content (AvgIpc) is 2.91. The number of unbranched alkanes of at least 4 members (excludes halogenated alkanes) is 1. The van der Waals surface area contributed by atoms with E-state index in [1.807, 2.05) is 35.2 Å². The highest BCUT2D eigenvalue weighted by atomic mass is 19.1. The van der Waals surface area contributed by atoms with Crippen LogP contribution in [0.25, 0.3) is 0 Å². The first-order valence-corrected chi connectivity index (χ1v) is 14.1. The highest BCUT2D eigenvalue weighted by Gasteiger charge is 2.20. The Balaban J connectivity index is 2.03. The third-order valence-electron chi connectivity index (χ3n) is 6.93. The van der Waals surface area contributed by atoms with Gasteiger partial charge in [-0.15, -0.1) is 0 Å². The molecule has 0 saturated heterocycles. The highest BCUT2D eigenvalue weighted by molar-refractivity contribution is 6.09. The molecule has 38 heavy (non-hydrogen) atoms. The molecule has 2 aromatic rings. The molecular formula is C33H45FN2O2. The van der Waals surface area contributed by atoms with Gasteiger partial charge in [-0.25, -0.2) is 4.39 Å². The molecule has 0 saturated carbocycles. The standard InChI is InChI=1S/C33H45FN2O2/c1-5-7-23-36(26(3)37)31(12-6-2)15-11-16-32(38)22-19-28(24-27-17-20-30(34)21-18-27)25-33(35-4)29-13-9-8-10-14-29/h8-10,13-14,17-18,20-21,25,31H,5-7,11-12,15-16,19,22-24H2,1-4H3/b28-25+,35-33?. The second-order valence-electron chi connectivity index (χ2n) is 10.0. The molecule has 0 heterocycles. The number of benzene rings is 2. The minimum Gasteiger partial charge on any atom is -0.340 e. The Morgan fingerprint density at radius 2 is 1.63 bits per heavy atom. The fourth-order valence-electron chi connectivity index (χ4n) is 4.83. The Morgan fingerprint density at radius 1 is 0.921 bits per heavy atom. The summed E-state index contributed by atoms with van der Waals surface area (Å²) in [6.07, 6.45) is 10.1. The van der Waals surface area contributed by atoms with Crippen LogP contribution in [0.3, 0.4) is 0 Å². The fraction of sp³-hybridized carbons (Fsp3) is 0.485. The number of hydrogen-bond donors (Lipinski definition) is 0. The Labute approximate surface area is 229 Å². The van der Waals surface area contributed by atoms with Crippen LogP contribution in [0.15, 0.2) is 71.2 Å². The first-order valence-electron chi connectivity index (χ1n) is 14.1. The summed E-state index contributed by atoms with van der Waals surface area (Å²) >= 11 is 0. The molecule has 2 rings (SSSR count). The second kappa shape index (κ2) is 17.4. The molecule has 0 aliphatic rings. The maximum absolute atomic E-state index is 13.4. The zero-order valence-corrected chi connectivity index (χ0v) is 23.7. The van der Waals surface area contributed by atoms with Crippen molar-refractivity contribution in [3.05, 3.63) is 83.2 Å². The van der Waals surface area contributed by atoms with Crippen LogP contribution in [0.2, 0.25) is 0 Å². The van der Waals surface area contributed by atoms with Gasteiger partial charge in [-0.2, -0.15) is 0 Å². The van der Waals surface area contributed by atoms with Crippen LogP contribution in [-0.2, 0) is 16.0 Å². The number of Topliss-reactive ketones (excluding diaryl/α,β-unsaturated/α-hetero) is 1. The monoisotopic (exact) mass is 520 g/mol. The molecule has 0 aromatic heterocycles. The molecule has 0 aliphatic carbocycles. The Bertz CT molecular complexity index is 1040. The number of rotatable bonds is 17. The Hall–Kier alpha value is -3.08. The lowest BCUT2D eigenvalue weighted by Gasteiger charge is -2.31. The quantitative estimate of drug-likeness (QED) is 0.200. The first kappa shape index (κ1) is 31.1. The molecule has 1 unspecified atom stereocenters. The van der Waals surface area contributed by atoms with E-state index in [-0.39, 0.29) is 23.5 Å². The van der Waals surface area contributed by atoms with Crippen molar-refractivity contribution in [2.24, 2.45) is 4.99 Å². The summed E-state index contributed by atoms with van der Waals surface area (Å²) in [6, 6.07) is 16.7. The maximum atomic E-state index is 13.4. The predicted octanol–water partition coefficient (Wildman–Crippen LogP) is 7.75. The number of aliphatic imine (C=N–C) groups is 1. The van der Waals surface area contributed by atoms with E-state index < -0.39 is 0 Å². The second-order valence-corrected chi connectivity index (χ2v) is 10.0. The van der Waals surface area contributed by atoms with Crippen molar-refractivity contribution in [2.45, 2.75) is 91.0 Å². The molecule has 206 valence electrons. The lowest BCUT2D eigenvalue weighted by Crippen LogP contribution is -2.39. The largest absolute Gasteiger partial charge is 0.340 e. The van der Waals surface area contributed by atoms with Gasteiger partial charge < -0.3 is 4.90 Å². The van der Waals surface area contributed by atoms with E-state index in [0.717, 1.165) is 67.5 Å². The van der Waals surface area contributed by atoms with E-state index in [2.05, 4.69) is 24.9 Å². The number of hydrogen-bond acceptors (Lipinski definition) is 3. The first-order chi connectivity index (χ1) is 18.4. The van der Waals surface area contributed by atoms with Crippen LogP contribution in [-0.4, -0.2) is 41.9 Å². The van der Waals surface area contributed by atoms with E-state index in [1.54, 1.807) is 26.1 Å². The molecule has 5 heteroatoms. The maximum Gasteiger partial charge on any atom is 0.219 e. The van der Waals surface area contributed by atoms with Crippen molar-refractivity contribution in [1.82, 2.24) is 4.90 Å². The lowest BCUT2D eigenvalue weighted by atomic mass is 9.95. The van der Waals surface area contributed by atoms with Gasteiger partial charge in [0.05, 0.1) is 5.71 Å². The van der Waals surface area contributed by atoms with Gasteiger partial charge in [0.1, 0.15) is 11.6 Å². The van der Waals surface area contributed by atoms with Crippen molar-refractivity contribution in [1.29, 1.82) is 0 Å². The average molecular weight is 521 g/mol. The van der Waals surface area contributed by atoms with E-state index in [9.17, 15) is 14.0 Å². The summed E-state index contributed by atoms with van der Waals surface area (Å²) in [4.78, 5) is 31.6. The molecule has 1 amide bonds. The summed E-state index contributed by atoms with van der Waals surface area (Å²) < 4.78 is 13.4. The van der Waals surface area contributed by atoms with Gasteiger partial charge in [0, 0.05) is 39.4 Å². The molecule has 0 N–H and O–H groups in total. The molecule has 2 aromatic carbocycles. The highest BCUT2D eigenvalue weighted by Crippen LogP contribution is 2.20. The van der Waals surface area contributed by atoms with Crippen LogP contribution in [0.5, 0.6) is 0 Å². The molecule has 0 fully saturated rings. The molecule has 0 radical (unpaired) electrons.